The van der Waals surface area contributed by atoms with E-state index in [9.17, 15) is 0 Å². The lowest BCUT2D eigenvalue weighted by Gasteiger charge is -2.14. The van der Waals surface area contributed by atoms with Crippen LogP contribution < -0.4 is 0 Å². The second kappa shape index (κ2) is 30.2. The zero-order valence-corrected chi connectivity index (χ0v) is 70.9. The van der Waals surface area contributed by atoms with E-state index in [0.29, 0.717) is 23.3 Å². The number of hydrogen-bond acceptors (Lipinski definition) is 9. The number of fused-ring (bicyclic) bond motifs is 20. The second-order valence-electron chi connectivity index (χ2n) is 32.1. The van der Waals surface area contributed by atoms with E-state index in [1.807, 2.05) is 118 Å². The molecule has 0 fully saturated rings. The average molecular weight is 1680 g/mol. The zero-order valence-electron chi connectivity index (χ0n) is 67.6. The largest absolute Gasteiger partial charge is 0.309 e. The highest BCUT2D eigenvalue weighted by Crippen LogP contribution is 2.51. The van der Waals surface area contributed by atoms with E-state index in [1.54, 1.807) is 0 Å². The van der Waals surface area contributed by atoms with Crippen molar-refractivity contribution >= 4 is 170 Å². The van der Waals surface area contributed by atoms with Crippen LogP contribution in [0.15, 0.2) is 419 Å². The summed E-state index contributed by atoms with van der Waals surface area (Å²) in [5.74, 6) is 2.65. The number of aromatic nitrogens is 7. The minimum atomic E-state index is 0.641. The molecule has 0 amide bonds. The van der Waals surface area contributed by atoms with E-state index in [-0.39, 0.29) is 0 Å². The highest BCUT2D eigenvalue weighted by molar-refractivity contribution is 7.28. The van der Waals surface area contributed by atoms with Gasteiger partial charge in [0.25, 0.3) is 0 Å². The van der Waals surface area contributed by atoms with Gasteiger partial charge in [-0.15, -0.1) is 45.3 Å². The molecule has 0 bridgehead atoms. The third kappa shape index (κ3) is 12.5. The van der Waals surface area contributed by atoms with Gasteiger partial charge >= 0.3 is 0 Å². The summed E-state index contributed by atoms with van der Waals surface area (Å²) >= 11 is 7.52. The molecule has 0 aliphatic rings. The molecular weight excluding hydrogens is 1610 g/mol. The fourth-order valence-electron chi connectivity index (χ4n) is 18.7. The molecule has 18 aromatic carbocycles. The molecule has 26 rings (SSSR count). The molecule has 0 unspecified atom stereocenters. The van der Waals surface area contributed by atoms with E-state index in [1.165, 1.54) is 158 Å². The number of nitrogens with zero attached hydrogens (tertiary/aromatic N) is 7. The highest BCUT2D eigenvalue weighted by atomic mass is 32.1. The van der Waals surface area contributed by atoms with Crippen molar-refractivity contribution in [2.24, 2.45) is 0 Å². The zero-order chi connectivity index (χ0) is 82.9. The Morgan fingerprint density at radius 1 is 0.167 bits per heavy atom. The normalized spacial score (nSPS) is 11.8. The first-order valence-electron chi connectivity index (χ1n) is 42.3. The molecule has 0 saturated heterocycles. The van der Waals surface area contributed by atoms with Crippen LogP contribution in [-0.4, -0.2) is 34.1 Å². The van der Waals surface area contributed by atoms with Gasteiger partial charge in [0.05, 0.1) is 33.5 Å². The molecule has 588 valence electrons. The molecule has 126 heavy (non-hydrogen) atoms. The third-order valence-corrected chi connectivity index (χ3v) is 29.5. The Hall–Kier alpha value is -15.5. The fourth-order valence-corrected chi connectivity index (χ4v) is 23.6. The number of hydrogen-bond donors (Lipinski definition) is 0. The van der Waals surface area contributed by atoms with E-state index < -0.39 is 0 Å². The van der Waals surface area contributed by atoms with Gasteiger partial charge in [-0.05, 0) is 112 Å². The Labute approximate surface area is 740 Å². The average Bonchev–Trinajstić information content (AvgIpc) is 1.55. The standard InChI is InChI=1S/C58H35N3S2.C57H34N4S2/c1-4-14-36(15-5-1)41-28-29-46-52(32-41)61(51-31-30-45-43-20-10-12-22-53(43)63-57(45)55(46)51)42-33-47(56-48(34-42)44-21-11-13-23-54(44)62-56)37-24-26-40(27-25-37)58-59-49(38-16-6-2-7-17-38)35-50(60-58)39-18-8-3-9-19-39;1-4-14-35(15-5-1)40-28-29-45-49(32-40)61(48-31-30-44-42-20-10-12-22-50(42)63-54(44)52(45)48)41-33-46(53-47(34-41)43-21-11-13-23-51(43)62-53)36-24-26-39(27-25-36)57-59-55(37-16-6-2-7-17-37)58-56(60-57)38-18-8-3-9-19-38/h1-35H;1-34H. The first-order valence-corrected chi connectivity index (χ1v) is 45.6. The molecule has 26 aromatic rings. The summed E-state index contributed by atoms with van der Waals surface area (Å²) < 4.78 is 15.4. The van der Waals surface area contributed by atoms with Crippen LogP contribution in [0.1, 0.15) is 0 Å². The number of thiophene rings is 4. The van der Waals surface area contributed by atoms with Crippen LogP contribution in [0.5, 0.6) is 0 Å². The predicted molar refractivity (Wildman–Crippen MR) is 536 cm³/mol. The summed E-state index contributed by atoms with van der Waals surface area (Å²) in [6.07, 6.45) is 0. The van der Waals surface area contributed by atoms with Crippen molar-refractivity contribution in [1.82, 2.24) is 34.1 Å². The number of benzene rings is 18. The molecule has 7 nitrogen and oxygen atoms in total. The van der Waals surface area contributed by atoms with Crippen LogP contribution in [0.25, 0.3) is 248 Å². The molecule has 0 spiro atoms. The second-order valence-corrected chi connectivity index (χ2v) is 36.3. The van der Waals surface area contributed by atoms with Gasteiger partial charge in [-0.2, -0.15) is 0 Å². The molecule has 0 N–H and O–H groups in total. The van der Waals surface area contributed by atoms with Gasteiger partial charge in [-0.1, -0.05) is 340 Å². The van der Waals surface area contributed by atoms with Gasteiger partial charge in [0.15, 0.2) is 23.3 Å². The van der Waals surface area contributed by atoms with Crippen molar-refractivity contribution in [2.45, 2.75) is 0 Å². The first kappa shape index (κ1) is 73.3. The minimum absolute atomic E-state index is 0.641. The van der Waals surface area contributed by atoms with Crippen molar-refractivity contribution in [1.29, 1.82) is 0 Å². The lowest BCUT2D eigenvalue weighted by Crippen LogP contribution is -2.00. The quantitative estimate of drug-likeness (QED) is 0.122. The Morgan fingerprint density at radius 2 is 0.444 bits per heavy atom. The fraction of sp³-hybridized carbons (Fsp3) is 0. The van der Waals surface area contributed by atoms with E-state index in [0.717, 1.165) is 67.3 Å². The summed E-state index contributed by atoms with van der Waals surface area (Å²) in [5, 5.41) is 15.4. The molecule has 0 aliphatic carbocycles. The van der Waals surface area contributed by atoms with Crippen molar-refractivity contribution in [3.8, 4) is 124 Å². The molecule has 0 aliphatic heterocycles. The predicted octanol–water partition coefficient (Wildman–Crippen LogP) is 32.7. The monoisotopic (exact) mass is 1680 g/mol. The van der Waals surface area contributed by atoms with Crippen molar-refractivity contribution in [2.75, 3.05) is 0 Å². The van der Waals surface area contributed by atoms with Crippen LogP contribution >= 0.6 is 45.3 Å². The maximum atomic E-state index is 5.14. The summed E-state index contributed by atoms with van der Waals surface area (Å²) in [6, 6.07) is 150. The van der Waals surface area contributed by atoms with Gasteiger partial charge in [-0.3, -0.25) is 0 Å². The minimum Gasteiger partial charge on any atom is -0.309 e. The Bertz CT molecular complexity index is 8170. The van der Waals surface area contributed by atoms with Gasteiger partial charge < -0.3 is 9.13 Å². The topological polar surface area (TPSA) is 74.3 Å². The molecule has 8 heterocycles. The van der Waals surface area contributed by atoms with E-state index >= 15 is 0 Å². The summed E-state index contributed by atoms with van der Waals surface area (Å²) in [7, 11) is 0. The Balaban J connectivity index is 0.000000137. The van der Waals surface area contributed by atoms with E-state index in [4.69, 9.17) is 24.9 Å². The maximum Gasteiger partial charge on any atom is 0.164 e. The molecule has 0 atom stereocenters. The lowest BCUT2D eigenvalue weighted by molar-refractivity contribution is 1.07. The summed E-state index contributed by atoms with van der Waals surface area (Å²) in [6.45, 7) is 0. The van der Waals surface area contributed by atoms with Crippen molar-refractivity contribution in [3.63, 3.8) is 0 Å². The van der Waals surface area contributed by atoms with Crippen molar-refractivity contribution < 1.29 is 0 Å². The van der Waals surface area contributed by atoms with Crippen LogP contribution in [0, 0.1) is 0 Å². The summed E-state index contributed by atoms with van der Waals surface area (Å²) in [4.78, 5) is 25.3. The molecule has 11 heteroatoms. The van der Waals surface area contributed by atoms with Gasteiger partial charge in [-0.25, -0.2) is 24.9 Å². The van der Waals surface area contributed by atoms with Crippen molar-refractivity contribution in [3.05, 3.63) is 419 Å². The Morgan fingerprint density at radius 3 is 0.810 bits per heavy atom. The van der Waals surface area contributed by atoms with Crippen LogP contribution in [0.2, 0.25) is 0 Å². The lowest BCUT2D eigenvalue weighted by atomic mass is 9.99. The highest BCUT2D eigenvalue weighted by Gasteiger charge is 2.26. The molecule has 0 radical (unpaired) electrons. The molecular formula is C115H69N7S4. The Kier molecular flexibility index (Phi) is 17.6. The van der Waals surface area contributed by atoms with Crippen LogP contribution in [-0.2, 0) is 0 Å². The third-order valence-electron chi connectivity index (χ3n) is 24.7. The van der Waals surface area contributed by atoms with Gasteiger partial charge in [0.2, 0.25) is 0 Å². The van der Waals surface area contributed by atoms with Gasteiger partial charge in [0, 0.05) is 158 Å². The molecule has 0 saturated carbocycles. The van der Waals surface area contributed by atoms with Crippen LogP contribution in [0.4, 0.5) is 0 Å². The summed E-state index contributed by atoms with van der Waals surface area (Å²) in [5.41, 5.74) is 24.3. The maximum absolute atomic E-state index is 5.14. The smallest absolute Gasteiger partial charge is 0.164 e. The van der Waals surface area contributed by atoms with Gasteiger partial charge in [0.1, 0.15) is 0 Å². The number of rotatable bonds is 12. The van der Waals surface area contributed by atoms with E-state index in [2.05, 4.69) is 355 Å². The first-order chi connectivity index (χ1) is 62.4. The van der Waals surface area contributed by atoms with Crippen LogP contribution in [0.3, 0.4) is 0 Å². The SMILES string of the molecule is c1ccc(-c2ccc3c4c5sc6ccccc6c5ccc4n(-c4cc(-c5ccc(-c6nc(-c7ccccc7)cc(-c7ccccc7)n6)cc5)c5sc6ccccc6c5c4)c3c2)cc1.c1ccc(-c2ccc3c4c5sc6ccccc6c5ccc4n(-c4cc(-c5ccc(-c6nc(-c7ccccc7)nc(-c7ccccc7)n6)cc5)c5sc6ccccc6c5c4)c3c2)cc1. The molecule has 8 aromatic heterocycles.